The van der Waals surface area contributed by atoms with Gasteiger partial charge in [0, 0.05) is 18.5 Å². The van der Waals surface area contributed by atoms with E-state index >= 15 is 0 Å². The van der Waals surface area contributed by atoms with Gasteiger partial charge in [0.15, 0.2) is 0 Å². The normalized spacial score (nSPS) is 21.7. The highest BCUT2D eigenvalue weighted by Gasteiger charge is 2.21. The average molecular weight is 321 g/mol. The van der Waals surface area contributed by atoms with Crippen LogP contribution in [0.5, 0.6) is 0 Å². The van der Waals surface area contributed by atoms with Crippen LogP contribution < -0.4 is 0 Å². The first-order valence-corrected chi connectivity index (χ1v) is 7.27. The summed E-state index contributed by atoms with van der Waals surface area (Å²) in [5.74, 6) is 0.476. The third-order valence-corrected chi connectivity index (χ3v) is 4.26. The van der Waals surface area contributed by atoms with Gasteiger partial charge in [-0.1, -0.05) is 12.5 Å². The minimum Gasteiger partial charge on any atom is -0.295 e. The highest BCUT2D eigenvalue weighted by molar-refractivity contribution is 9.10. The van der Waals surface area contributed by atoms with Crippen molar-refractivity contribution in [2.75, 3.05) is 12.4 Å². The Bertz CT molecular complexity index is 386. The zero-order chi connectivity index (χ0) is 12.3. The summed E-state index contributed by atoms with van der Waals surface area (Å²) in [6.07, 6.45) is 3.67. The van der Waals surface area contributed by atoms with Crippen molar-refractivity contribution in [2.24, 2.45) is 0 Å². The number of alkyl halides is 1. The molecule has 1 aromatic carbocycles. The molecule has 2 rings (SSSR count). The predicted molar refractivity (Wildman–Crippen MR) is 72.9 cm³/mol. The lowest BCUT2D eigenvalue weighted by atomic mass is 10.0. The molecule has 0 aliphatic carbocycles. The number of piperidine rings is 1. The lowest BCUT2D eigenvalue weighted by molar-refractivity contribution is 0.155. The Labute approximate surface area is 115 Å². The lowest BCUT2D eigenvalue weighted by Gasteiger charge is -2.34. The second-order valence-electron chi connectivity index (χ2n) is 4.52. The number of likely N-dealkylation sites (tertiary alicyclic amines) is 1. The Morgan fingerprint density at radius 3 is 2.94 bits per heavy atom. The molecule has 1 aromatic rings. The van der Waals surface area contributed by atoms with E-state index in [2.05, 4.69) is 20.8 Å². The largest absolute Gasteiger partial charge is 0.295 e. The van der Waals surface area contributed by atoms with Crippen LogP contribution >= 0.6 is 27.5 Å². The molecule has 1 unspecified atom stereocenters. The number of hydrogen-bond donors (Lipinski definition) is 0. The van der Waals surface area contributed by atoms with Gasteiger partial charge in [0.05, 0.1) is 4.47 Å². The molecule has 1 nitrogen and oxygen atoms in total. The quantitative estimate of drug-likeness (QED) is 0.755. The molecule has 0 radical (unpaired) electrons. The number of rotatable bonds is 3. The topological polar surface area (TPSA) is 3.24 Å². The molecule has 1 heterocycles. The molecule has 1 fully saturated rings. The average Bonchev–Trinajstić information content (AvgIpc) is 2.34. The Hall–Kier alpha value is -0.120. The second-order valence-corrected chi connectivity index (χ2v) is 5.69. The molecule has 1 atom stereocenters. The summed E-state index contributed by atoms with van der Waals surface area (Å²) >= 11 is 9.21. The Balaban J connectivity index is 2.05. The van der Waals surface area contributed by atoms with Crippen LogP contribution in [0.25, 0.3) is 0 Å². The minimum atomic E-state index is -0.207. The van der Waals surface area contributed by atoms with Gasteiger partial charge in [-0.2, -0.15) is 0 Å². The van der Waals surface area contributed by atoms with Crippen molar-refractivity contribution in [3.63, 3.8) is 0 Å². The molecule has 1 aliphatic rings. The number of hydrogen-bond acceptors (Lipinski definition) is 1. The Morgan fingerprint density at radius 1 is 1.41 bits per heavy atom. The van der Waals surface area contributed by atoms with Crippen molar-refractivity contribution in [3.05, 3.63) is 34.1 Å². The van der Waals surface area contributed by atoms with Crippen LogP contribution in [0.1, 0.15) is 24.8 Å². The number of halogens is 3. The van der Waals surface area contributed by atoms with Gasteiger partial charge in [-0.3, -0.25) is 4.90 Å². The zero-order valence-electron chi connectivity index (χ0n) is 9.63. The standard InChI is InChI=1S/C13H16BrClFN/c14-12-7-10(4-5-13(12)16)9-17-6-2-1-3-11(17)8-15/h4-5,7,11H,1-3,6,8-9H2. The monoisotopic (exact) mass is 319 g/mol. The van der Waals surface area contributed by atoms with E-state index in [1.807, 2.05) is 12.1 Å². The molecule has 0 amide bonds. The molecule has 4 heteroatoms. The summed E-state index contributed by atoms with van der Waals surface area (Å²) in [5, 5.41) is 0. The maximum absolute atomic E-state index is 13.1. The fraction of sp³-hybridized carbons (Fsp3) is 0.538. The van der Waals surface area contributed by atoms with Crippen molar-refractivity contribution in [1.29, 1.82) is 0 Å². The summed E-state index contributed by atoms with van der Waals surface area (Å²) < 4.78 is 13.7. The van der Waals surface area contributed by atoms with Crippen LogP contribution in [0.2, 0.25) is 0 Å². The van der Waals surface area contributed by atoms with Crippen molar-refractivity contribution in [1.82, 2.24) is 4.90 Å². The molecule has 0 spiro atoms. The van der Waals surface area contributed by atoms with E-state index in [4.69, 9.17) is 11.6 Å². The van der Waals surface area contributed by atoms with Crippen molar-refractivity contribution >= 4 is 27.5 Å². The van der Waals surface area contributed by atoms with Crippen LogP contribution in [0.15, 0.2) is 22.7 Å². The molecule has 1 saturated heterocycles. The highest BCUT2D eigenvalue weighted by Crippen LogP contribution is 2.23. The van der Waals surface area contributed by atoms with Crippen LogP contribution in [0, 0.1) is 5.82 Å². The number of benzene rings is 1. The van der Waals surface area contributed by atoms with E-state index < -0.39 is 0 Å². The van der Waals surface area contributed by atoms with E-state index in [0.29, 0.717) is 16.4 Å². The fourth-order valence-corrected chi connectivity index (χ4v) is 3.09. The summed E-state index contributed by atoms with van der Waals surface area (Å²) in [7, 11) is 0. The van der Waals surface area contributed by atoms with Crippen molar-refractivity contribution in [2.45, 2.75) is 31.8 Å². The van der Waals surface area contributed by atoms with Crippen LogP contribution in [0.4, 0.5) is 4.39 Å². The van der Waals surface area contributed by atoms with Gasteiger partial charge >= 0.3 is 0 Å². The summed E-state index contributed by atoms with van der Waals surface area (Å²) in [6, 6.07) is 5.68. The Morgan fingerprint density at radius 2 is 2.24 bits per heavy atom. The Kier molecular flexibility index (Phi) is 4.83. The van der Waals surface area contributed by atoms with E-state index in [-0.39, 0.29) is 5.82 Å². The molecule has 0 aromatic heterocycles. The molecular weight excluding hydrogens is 305 g/mol. The predicted octanol–water partition coefficient (Wildman–Crippen LogP) is 4.18. The summed E-state index contributed by atoms with van der Waals surface area (Å²) in [4.78, 5) is 2.40. The van der Waals surface area contributed by atoms with Crippen molar-refractivity contribution < 1.29 is 4.39 Å². The summed E-state index contributed by atoms with van der Waals surface area (Å²) in [5.41, 5.74) is 1.13. The fourth-order valence-electron chi connectivity index (χ4n) is 2.32. The van der Waals surface area contributed by atoms with Gasteiger partial charge in [-0.15, -0.1) is 11.6 Å². The zero-order valence-corrected chi connectivity index (χ0v) is 12.0. The maximum Gasteiger partial charge on any atom is 0.137 e. The van der Waals surface area contributed by atoms with Gasteiger partial charge in [0.1, 0.15) is 5.82 Å². The minimum absolute atomic E-state index is 0.207. The molecule has 0 bridgehead atoms. The molecule has 0 saturated carbocycles. The smallest absolute Gasteiger partial charge is 0.137 e. The molecule has 94 valence electrons. The molecule has 17 heavy (non-hydrogen) atoms. The van der Waals surface area contributed by atoms with Gasteiger partial charge in [-0.25, -0.2) is 4.39 Å². The van der Waals surface area contributed by atoms with E-state index in [9.17, 15) is 4.39 Å². The first kappa shape index (κ1) is 13.3. The van der Waals surface area contributed by atoms with Crippen molar-refractivity contribution in [3.8, 4) is 0 Å². The summed E-state index contributed by atoms with van der Waals surface area (Å²) in [6.45, 7) is 1.95. The molecular formula is C13H16BrClFN. The molecule has 0 N–H and O–H groups in total. The van der Waals surface area contributed by atoms with E-state index in [1.165, 1.54) is 25.3 Å². The van der Waals surface area contributed by atoms with E-state index in [0.717, 1.165) is 18.7 Å². The van der Waals surface area contributed by atoms with Gasteiger partial charge in [0.25, 0.3) is 0 Å². The van der Waals surface area contributed by atoms with Gasteiger partial charge in [-0.05, 0) is 53.0 Å². The third kappa shape index (κ3) is 3.43. The van der Waals surface area contributed by atoms with Gasteiger partial charge in [0.2, 0.25) is 0 Å². The van der Waals surface area contributed by atoms with Crippen LogP contribution in [-0.2, 0) is 6.54 Å². The SMILES string of the molecule is Fc1ccc(CN2CCCCC2CCl)cc1Br. The van der Waals surface area contributed by atoms with Crippen LogP contribution in [-0.4, -0.2) is 23.4 Å². The second kappa shape index (κ2) is 6.17. The number of nitrogens with zero attached hydrogens (tertiary/aromatic N) is 1. The maximum atomic E-state index is 13.1. The first-order valence-electron chi connectivity index (χ1n) is 5.94. The lowest BCUT2D eigenvalue weighted by Crippen LogP contribution is -2.40. The molecule has 1 aliphatic heterocycles. The third-order valence-electron chi connectivity index (χ3n) is 3.30. The first-order chi connectivity index (χ1) is 8.20. The van der Waals surface area contributed by atoms with Gasteiger partial charge < -0.3 is 0 Å². The highest BCUT2D eigenvalue weighted by atomic mass is 79.9. The van der Waals surface area contributed by atoms with Crippen LogP contribution in [0.3, 0.4) is 0 Å². The van der Waals surface area contributed by atoms with E-state index in [1.54, 1.807) is 0 Å².